The lowest BCUT2D eigenvalue weighted by Crippen LogP contribution is -2.56. The summed E-state index contributed by atoms with van der Waals surface area (Å²) in [6.45, 7) is 2.74. The van der Waals surface area contributed by atoms with E-state index in [-0.39, 0.29) is 38.8 Å². The summed E-state index contributed by atoms with van der Waals surface area (Å²) >= 11 is 0. The molecule has 0 bridgehead atoms. The lowest BCUT2D eigenvalue weighted by Gasteiger charge is -2.43. The van der Waals surface area contributed by atoms with Crippen molar-refractivity contribution < 1.29 is 36.3 Å². The number of rotatable bonds is 16. The molecule has 5 rings (SSSR count). The number of hydrogen-bond acceptors (Lipinski definition) is 8. The fourth-order valence-electron chi connectivity index (χ4n) is 5.14. The van der Waals surface area contributed by atoms with Gasteiger partial charge in [-0.15, -0.1) is 0 Å². The molecule has 0 unspecified atom stereocenters. The van der Waals surface area contributed by atoms with Gasteiger partial charge in [-0.2, -0.15) is 8.42 Å². The topological polar surface area (TPSA) is 89.5 Å². The first kappa shape index (κ1) is 33.5. The van der Waals surface area contributed by atoms with Crippen molar-refractivity contribution in [1.82, 2.24) is 0 Å². The van der Waals surface area contributed by atoms with Crippen molar-refractivity contribution in [2.24, 2.45) is 0 Å². The van der Waals surface area contributed by atoms with E-state index in [1.807, 2.05) is 121 Å². The first-order valence-corrected chi connectivity index (χ1v) is 16.8. The van der Waals surface area contributed by atoms with Gasteiger partial charge >= 0.3 is 0 Å². The van der Waals surface area contributed by atoms with Gasteiger partial charge < -0.3 is 23.7 Å². The summed E-state index contributed by atoms with van der Waals surface area (Å²) in [5.41, 5.74) is 3.82. The molecule has 8 nitrogen and oxygen atoms in total. The first-order chi connectivity index (χ1) is 22.5. The molecule has 0 aromatic heterocycles. The first-order valence-electron chi connectivity index (χ1n) is 15.4. The van der Waals surface area contributed by atoms with Gasteiger partial charge in [-0.05, 0) is 29.2 Å². The van der Waals surface area contributed by atoms with E-state index in [0.717, 1.165) is 27.7 Å². The van der Waals surface area contributed by atoms with Crippen LogP contribution >= 0.6 is 0 Å². The zero-order valence-corrected chi connectivity index (χ0v) is 26.7. The smallest absolute Gasteiger partial charge is 0.293 e. The molecule has 0 aliphatic carbocycles. The average molecular weight is 645 g/mol. The van der Waals surface area contributed by atoms with Gasteiger partial charge in [0.1, 0.15) is 24.1 Å². The minimum Gasteiger partial charge on any atom is -0.486 e. The Morgan fingerprint density at radius 2 is 1.04 bits per heavy atom. The SMILES string of the molecule is CCOS(=O)(=O)C=C1O[C@H](COCc2ccccc2)[C@@H](OCc2ccccc2)[C@H](OCc2ccccc2)[C@H]1OCc1ccccc1. The van der Waals surface area contributed by atoms with E-state index in [1.165, 1.54) is 0 Å². The van der Waals surface area contributed by atoms with E-state index in [0.29, 0.717) is 6.61 Å². The molecule has 4 aromatic carbocycles. The summed E-state index contributed by atoms with van der Waals surface area (Å²) < 4.78 is 63.2. The maximum absolute atomic E-state index is 13.0. The Bertz CT molecular complexity index is 1580. The highest BCUT2D eigenvalue weighted by Gasteiger charge is 2.47. The molecule has 1 heterocycles. The fraction of sp³-hybridized carbons (Fsp3) is 0.297. The van der Waals surface area contributed by atoms with Crippen LogP contribution < -0.4 is 0 Å². The molecule has 1 fully saturated rings. The molecular weight excluding hydrogens is 604 g/mol. The average Bonchev–Trinajstić information content (AvgIpc) is 3.08. The van der Waals surface area contributed by atoms with Gasteiger partial charge in [-0.3, -0.25) is 4.18 Å². The zero-order valence-electron chi connectivity index (χ0n) is 25.9. The Kier molecular flexibility index (Phi) is 12.5. The minimum atomic E-state index is -4.10. The van der Waals surface area contributed by atoms with Crippen LogP contribution in [0, 0.1) is 0 Å². The summed E-state index contributed by atoms with van der Waals surface area (Å²) in [6, 6.07) is 39.0. The van der Waals surface area contributed by atoms with Crippen molar-refractivity contribution in [3.8, 4) is 0 Å². The molecule has 0 amide bonds. The van der Waals surface area contributed by atoms with Crippen LogP contribution in [-0.2, 0) is 64.4 Å². The molecule has 46 heavy (non-hydrogen) atoms. The normalized spacial score (nSPS) is 20.8. The maximum Gasteiger partial charge on any atom is 0.293 e. The molecule has 0 N–H and O–H groups in total. The lowest BCUT2D eigenvalue weighted by atomic mass is 9.97. The second kappa shape index (κ2) is 17.2. The van der Waals surface area contributed by atoms with Crippen LogP contribution in [0.3, 0.4) is 0 Å². The molecule has 1 saturated heterocycles. The van der Waals surface area contributed by atoms with Crippen LogP contribution in [0.15, 0.2) is 132 Å². The third kappa shape index (κ3) is 10.1. The van der Waals surface area contributed by atoms with Gasteiger partial charge in [0.25, 0.3) is 10.1 Å². The molecule has 4 atom stereocenters. The fourth-order valence-corrected chi connectivity index (χ4v) is 6.01. The quantitative estimate of drug-likeness (QED) is 0.127. The van der Waals surface area contributed by atoms with Crippen LogP contribution in [0.5, 0.6) is 0 Å². The van der Waals surface area contributed by atoms with Crippen LogP contribution in [0.4, 0.5) is 0 Å². The van der Waals surface area contributed by atoms with Crippen LogP contribution in [0.2, 0.25) is 0 Å². The third-order valence-corrected chi connectivity index (χ3v) is 8.42. The van der Waals surface area contributed by atoms with E-state index in [4.69, 9.17) is 27.9 Å². The van der Waals surface area contributed by atoms with Crippen molar-refractivity contribution >= 4 is 10.1 Å². The van der Waals surface area contributed by atoms with Gasteiger partial charge in [0, 0.05) is 0 Å². The largest absolute Gasteiger partial charge is 0.486 e. The molecular formula is C37H40O8S. The Morgan fingerprint density at radius 3 is 1.52 bits per heavy atom. The van der Waals surface area contributed by atoms with E-state index in [9.17, 15) is 8.42 Å². The third-order valence-electron chi connectivity index (χ3n) is 7.34. The monoisotopic (exact) mass is 644 g/mol. The van der Waals surface area contributed by atoms with Crippen molar-refractivity contribution in [2.75, 3.05) is 13.2 Å². The summed E-state index contributed by atoms with van der Waals surface area (Å²) in [7, 11) is -4.10. The Labute approximate surface area is 271 Å². The molecule has 0 radical (unpaired) electrons. The second-order valence-electron chi connectivity index (χ2n) is 10.8. The number of ether oxygens (including phenoxy) is 5. The van der Waals surface area contributed by atoms with E-state index in [2.05, 4.69) is 0 Å². The lowest BCUT2D eigenvalue weighted by molar-refractivity contribution is -0.223. The highest BCUT2D eigenvalue weighted by Crippen LogP contribution is 2.33. The summed E-state index contributed by atoms with van der Waals surface area (Å²) in [5.74, 6) is 0.0651. The molecule has 0 saturated carbocycles. The molecule has 1 aliphatic rings. The van der Waals surface area contributed by atoms with E-state index >= 15 is 0 Å². The van der Waals surface area contributed by atoms with Gasteiger partial charge in [0.2, 0.25) is 0 Å². The van der Waals surface area contributed by atoms with Crippen molar-refractivity contribution in [2.45, 2.75) is 57.8 Å². The van der Waals surface area contributed by atoms with Crippen molar-refractivity contribution in [3.63, 3.8) is 0 Å². The zero-order chi connectivity index (χ0) is 32.0. The van der Waals surface area contributed by atoms with Gasteiger partial charge in [-0.1, -0.05) is 121 Å². The highest BCUT2D eigenvalue weighted by atomic mass is 32.2. The van der Waals surface area contributed by atoms with E-state index in [1.54, 1.807) is 6.92 Å². The van der Waals surface area contributed by atoms with Gasteiger partial charge in [-0.25, -0.2) is 0 Å². The summed E-state index contributed by atoms with van der Waals surface area (Å²) in [5, 5.41) is 0.989. The minimum absolute atomic E-state index is 0.0258. The van der Waals surface area contributed by atoms with Gasteiger partial charge in [0.15, 0.2) is 6.10 Å². The maximum atomic E-state index is 13.0. The second-order valence-corrected chi connectivity index (χ2v) is 12.3. The van der Waals surface area contributed by atoms with Gasteiger partial charge in [0.05, 0.1) is 45.0 Å². The molecule has 1 aliphatic heterocycles. The van der Waals surface area contributed by atoms with Crippen LogP contribution in [-0.4, -0.2) is 46.0 Å². The van der Waals surface area contributed by atoms with Crippen molar-refractivity contribution in [3.05, 3.63) is 155 Å². The summed E-state index contributed by atoms with van der Waals surface area (Å²) in [4.78, 5) is 0. The summed E-state index contributed by atoms with van der Waals surface area (Å²) in [6.07, 6.45) is -3.12. The predicted molar refractivity (Wildman–Crippen MR) is 175 cm³/mol. The number of benzene rings is 4. The molecule has 4 aromatic rings. The molecule has 0 spiro atoms. The number of hydrogen-bond donors (Lipinski definition) is 0. The van der Waals surface area contributed by atoms with Crippen molar-refractivity contribution in [1.29, 1.82) is 0 Å². The molecule has 242 valence electrons. The Balaban J connectivity index is 1.49. The van der Waals surface area contributed by atoms with E-state index < -0.39 is 34.5 Å². The standard InChI is InChI=1S/C37H40O8S/c1-2-44-46(38,39)28-34-36(42-25-31-19-11-5-12-20-31)37(43-26-32-21-13-6-14-22-32)35(41-24-30-17-9-4-10-18-30)33(45-34)27-40-23-29-15-7-3-8-16-29/h3-22,28,33,35-37H,2,23-27H2,1H3/t33-,35-,36+,37+/m1/s1. The van der Waals surface area contributed by atoms with Crippen LogP contribution in [0.1, 0.15) is 29.2 Å². The molecule has 9 heteroatoms. The van der Waals surface area contributed by atoms with Crippen LogP contribution in [0.25, 0.3) is 0 Å². The highest BCUT2D eigenvalue weighted by molar-refractivity contribution is 7.89. The Hall–Kier alpha value is -3.83. The Morgan fingerprint density at radius 1 is 0.609 bits per heavy atom. The predicted octanol–water partition coefficient (Wildman–Crippen LogP) is 6.57.